The van der Waals surface area contributed by atoms with E-state index in [0.29, 0.717) is 24.3 Å². The molecule has 8 unspecified atom stereocenters. The zero-order valence-corrected chi connectivity index (χ0v) is 32.8. The maximum atomic E-state index is 12.7. The minimum atomic E-state index is -1.41. The molecule has 10 nitrogen and oxygen atoms in total. The SMILES string of the molecule is CC(C)CCCC(C)C1CCC2C3CC=C4CC(OC(=O)NCCCCN=C(N)CS[C@@H]5O[C@H](CO)[C@@H](O)[C@H](O)[C@@H]5O)CCC4(C)C3CCC12C. The molecule has 7 N–H and O–H groups in total. The number of carbonyl (C=O) groups excluding carboxylic acids is 1. The van der Waals surface area contributed by atoms with Gasteiger partial charge in [0.05, 0.1) is 12.4 Å². The van der Waals surface area contributed by atoms with Gasteiger partial charge in [-0.25, -0.2) is 4.79 Å². The fourth-order valence-electron chi connectivity index (χ4n) is 11.0. The van der Waals surface area contributed by atoms with Crippen molar-refractivity contribution in [2.45, 2.75) is 154 Å². The lowest BCUT2D eigenvalue weighted by molar-refractivity contribution is -0.205. The number of hydrogen-bond donors (Lipinski definition) is 6. The molecule has 0 aromatic heterocycles. The van der Waals surface area contributed by atoms with E-state index in [0.717, 1.165) is 79.4 Å². The molecule has 5 aliphatic rings. The van der Waals surface area contributed by atoms with Crippen LogP contribution >= 0.6 is 11.8 Å². The van der Waals surface area contributed by atoms with E-state index < -0.39 is 36.5 Å². The molecule has 0 bridgehead atoms. The second-order valence-corrected chi connectivity index (χ2v) is 18.7. The summed E-state index contributed by atoms with van der Waals surface area (Å²) in [6.45, 7) is 13.0. The zero-order chi connectivity index (χ0) is 36.9. The average Bonchev–Trinajstić information content (AvgIpc) is 3.45. The van der Waals surface area contributed by atoms with Gasteiger partial charge in [0.15, 0.2) is 0 Å². The third-order valence-electron chi connectivity index (χ3n) is 13.9. The molecule has 0 radical (unpaired) electrons. The van der Waals surface area contributed by atoms with Crippen LogP contribution in [0, 0.1) is 46.3 Å². The molecule has 4 aliphatic carbocycles. The fourth-order valence-corrected chi connectivity index (χ4v) is 12.0. The molecule has 1 aliphatic heterocycles. The number of amidine groups is 1. The van der Waals surface area contributed by atoms with Crippen LogP contribution in [0.15, 0.2) is 16.6 Å². The molecule has 13 atom stereocenters. The molecule has 1 amide bonds. The van der Waals surface area contributed by atoms with Crippen LogP contribution in [-0.2, 0) is 9.47 Å². The standard InChI is InChI=1S/C40H69N3O7S/c1-24(2)9-8-10-25(3)29-13-14-30-28-12-11-26-21-27(15-17-39(26,4)31(28)16-18-40(29,30)5)49-38(48)43-20-7-6-19-42-33(41)23-51-37-36(47)35(46)34(45)32(22-44)50-37/h11,24-25,27-32,34-37,44-47H,6-10,12-23H2,1-5H3,(H2,41,42)(H,43,48)/t25?,27?,28?,29?,30?,31?,32-,34-,35+,36+,37+,39?,40?/m1/s1. The third-order valence-corrected chi connectivity index (χ3v) is 15.1. The van der Waals surface area contributed by atoms with E-state index in [4.69, 9.17) is 15.2 Å². The van der Waals surface area contributed by atoms with Crippen molar-refractivity contribution in [3.05, 3.63) is 11.6 Å². The summed E-state index contributed by atoms with van der Waals surface area (Å²) in [7, 11) is 0. The van der Waals surface area contributed by atoms with E-state index in [-0.39, 0.29) is 23.4 Å². The first kappa shape index (κ1) is 40.8. The van der Waals surface area contributed by atoms with Crippen molar-refractivity contribution in [3.8, 4) is 0 Å². The van der Waals surface area contributed by atoms with Crippen molar-refractivity contribution < 1.29 is 34.7 Å². The van der Waals surface area contributed by atoms with Gasteiger partial charge in [-0.3, -0.25) is 4.99 Å². The number of amides is 1. The number of allylic oxidation sites excluding steroid dienone is 1. The monoisotopic (exact) mass is 735 g/mol. The van der Waals surface area contributed by atoms with Crippen molar-refractivity contribution in [1.82, 2.24) is 5.32 Å². The second kappa shape index (κ2) is 17.8. The molecule has 0 aromatic rings. The molecule has 1 saturated heterocycles. The second-order valence-electron chi connectivity index (χ2n) is 17.6. The topological polar surface area (TPSA) is 167 Å². The lowest BCUT2D eigenvalue weighted by Crippen LogP contribution is -2.57. The highest BCUT2D eigenvalue weighted by Gasteiger charge is 2.59. The summed E-state index contributed by atoms with van der Waals surface area (Å²) in [5.74, 6) is 5.54. The van der Waals surface area contributed by atoms with Crippen molar-refractivity contribution in [2.75, 3.05) is 25.4 Å². The predicted molar refractivity (Wildman–Crippen MR) is 203 cm³/mol. The summed E-state index contributed by atoms with van der Waals surface area (Å²) in [6.07, 6.45) is 12.3. The molecule has 5 rings (SSSR count). The number of thioether (sulfide) groups is 1. The number of nitrogens with two attached hydrogens (primary N) is 1. The number of aliphatic hydroxyl groups is 4. The van der Waals surface area contributed by atoms with E-state index in [1.165, 1.54) is 56.9 Å². The van der Waals surface area contributed by atoms with Crippen LogP contribution in [0.5, 0.6) is 0 Å². The van der Waals surface area contributed by atoms with Crippen LogP contribution in [0.4, 0.5) is 4.79 Å². The van der Waals surface area contributed by atoms with Gasteiger partial charge in [0.2, 0.25) is 0 Å². The Balaban J connectivity index is 1.01. The Morgan fingerprint density at radius 2 is 1.82 bits per heavy atom. The summed E-state index contributed by atoms with van der Waals surface area (Å²) in [5.41, 5.74) is 7.45. The Morgan fingerprint density at radius 1 is 1.04 bits per heavy atom. The Morgan fingerprint density at radius 3 is 2.57 bits per heavy atom. The van der Waals surface area contributed by atoms with Crippen LogP contribution in [0.2, 0.25) is 0 Å². The molecule has 0 spiro atoms. The molecule has 4 fully saturated rings. The highest BCUT2D eigenvalue weighted by atomic mass is 32.2. The number of rotatable bonds is 15. The number of alkyl carbamates (subject to hydrolysis) is 1. The van der Waals surface area contributed by atoms with Crippen LogP contribution in [0.3, 0.4) is 0 Å². The molecular weight excluding hydrogens is 667 g/mol. The van der Waals surface area contributed by atoms with Crippen molar-refractivity contribution in [1.29, 1.82) is 0 Å². The zero-order valence-electron chi connectivity index (χ0n) is 32.0. The van der Waals surface area contributed by atoms with Crippen LogP contribution in [0.1, 0.15) is 118 Å². The van der Waals surface area contributed by atoms with Gasteiger partial charge in [0.25, 0.3) is 0 Å². The number of carbonyl (C=O) groups is 1. The van der Waals surface area contributed by atoms with Gasteiger partial charge >= 0.3 is 6.09 Å². The predicted octanol–water partition coefficient (Wildman–Crippen LogP) is 5.79. The van der Waals surface area contributed by atoms with E-state index in [1.54, 1.807) is 0 Å². The van der Waals surface area contributed by atoms with Crippen molar-refractivity contribution >= 4 is 23.7 Å². The number of nitrogens with one attached hydrogen (secondary N) is 1. The van der Waals surface area contributed by atoms with E-state index in [1.807, 2.05) is 0 Å². The van der Waals surface area contributed by atoms with Crippen molar-refractivity contribution in [2.24, 2.45) is 57.1 Å². The summed E-state index contributed by atoms with van der Waals surface area (Å²) in [4.78, 5) is 17.1. The summed E-state index contributed by atoms with van der Waals surface area (Å²) in [6, 6.07) is 0. The van der Waals surface area contributed by atoms with Crippen LogP contribution in [-0.4, -0.2) is 93.8 Å². The average molecular weight is 736 g/mol. The number of fused-ring (bicyclic) bond motifs is 5. The minimum Gasteiger partial charge on any atom is -0.446 e. The molecular formula is C40H69N3O7S. The van der Waals surface area contributed by atoms with E-state index >= 15 is 0 Å². The maximum absolute atomic E-state index is 12.7. The van der Waals surface area contributed by atoms with Gasteiger partial charge < -0.3 is 41.0 Å². The number of nitrogens with zero attached hydrogens (tertiary/aromatic N) is 1. The first-order chi connectivity index (χ1) is 24.3. The normalized spacial score (nSPS) is 40.2. The Labute approximate surface area is 311 Å². The first-order valence-corrected chi connectivity index (χ1v) is 21.2. The lowest BCUT2D eigenvalue weighted by Gasteiger charge is -2.58. The molecule has 11 heteroatoms. The Kier molecular flexibility index (Phi) is 14.3. The van der Waals surface area contributed by atoms with Crippen molar-refractivity contribution in [3.63, 3.8) is 0 Å². The third kappa shape index (κ3) is 9.30. The Hall–Kier alpha value is -1.37. The number of aliphatic hydroxyl groups excluding tert-OH is 4. The quantitative estimate of drug-likeness (QED) is 0.0528. The van der Waals surface area contributed by atoms with Gasteiger partial charge in [0, 0.05) is 19.5 Å². The highest BCUT2D eigenvalue weighted by molar-refractivity contribution is 8.00. The largest absolute Gasteiger partial charge is 0.446 e. The summed E-state index contributed by atoms with van der Waals surface area (Å²) in [5, 5.41) is 42.3. The fraction of sp³-hybridized carbons (Fsp3) is 0.900. The van der Waals surface area contributed by atoms with Crippen LogP contribution < -0.4 is 11.1 Å². The minimum absolute atomic E-state index is 0.0668. The first-order valence-electron chi connectivity index (χ1n) is 20.1. The number of aliphatic imine (C=N–C) groups is 1. The highest BCUT2D eigenvalue weighted by Crippen LogP contribution is 2.67. The molecule has 0 aromatic carbocycles. The number of hydrogen-bond acceptors (Lipinski definition) is 9. The maximum Gasteiger partial charge on any atom is 0.407 e. The molecule has 1 heterocycles. The molecule has 51 heavy (non-hydrogen) atoms. The van der Waals surface area contributed by atoms with Gasteiger partial charge in [0.1, 0.15) is 41.8 Å². The number of unbranched alkanes of at least 4 members (excludes halogenated alkanes) is 1. The van der Waals surface area contributed by atoms with Gasteiger partial charge in [-0.15, -0.1) is 11.8 Å². The summed E-state index contributed by atoms with van der Waals surface area (Å²) >= 11 is 1.16. The van der Waals surface area contributed by atoms with Gasteiger partial charge in [-0.05, 0) is 104 Å². The Bertz CT molecular complexity index is 1220. The molecule has 292 valence electrons. The van der Waals surface area contributed by atoms with Gasteiger partial charge in [-0.1, -0.05) is 65.5 Å². The smallest absolute Gasteiger partial charge is 0.407 e. The van der Waals surface area contributed by atoms with E-state index in [2.05, 4.69) is 51.0 Å². The van der Waals surface area contributed by atoms with Gasteiger partial charge in [-0.2, -0.15) is 0 Å². The van der Waals surface area contributed by atoms with Crippen LogP contribution in [0.25, 0.3) is 0 Å². The number of ether oxygens (including phenoxy) is 2. The lowest BCUT2D eigenvalue weighted by atomic mass is 9.47. The summed E-state index contributed by atoms with van der Waals surface area (Å²) < 4.78 is 11.4. The van der Waals surface area contributed by atoms with E-state index in [9.17, 15) is 25.2 Å². The molecule has 3 saturated carbocycles.